The Balaban J connectivity index is 1.91. The number of Topliss-reactive ketones (excluding diaryl/α,β-unsaturated/α-hetero) is 1. The highest BCUT2D eigenvalue weighted by atomic mass is 16.1. The molecule has 0 fully saturated rings. The predicted octanol–water partition coefficient (Wildman–Crippen LogP) is 2.72. The third kappa shape index (κ3) is 3.81. The number of hydrogen-bond donors (Lipinski definition) is 1. The Bertz CT molecular complexity index is 574. The molecular formula is C15H16N2O2. The van der Waals surface area contributed by atoms with Gasteiger partial charge in [-0.1, -0.05) is 12.1 Å². The molecule has 0 radical (unpaired) electrons. The Kier molecular flexibility index (Phi) is 4.13. The zero-order valence-corrected chi connectivity index (χ0v) is 10.8. The molecule has 4 heteroatoms. The zero-order valence-electron chi connectivity index (χ0n) is 10.8. The number of nitrogens with zero attached hydrogens (tertiary/aromatic N) is 1. The molecule has 1 amide bonds. The standard InChI is InChI=1S/C15H16N2O2/c1-12(18)13-5-4-6-14(11-13)16-15(19)7-10-17-8-2-3-9-17/h2-6,8-9,11H,7,10H2,1H3,(H,16,19). The average molecular weight is 256 g/mol. The van der Waals surface area contributed by atoms with Crippen LogP contribution in [-0.4, -0.2) is 16.3 Å². The highest BCUT2D eigenvalue weighted by Gasteiger charge is 2.04. The van der Waals surface area contributed by atoms with Crippen LogP contribution in [0.1, 0.15) is 23.7 Å². The van der Waals surface area contributed by atoms with Crippen LogP contribution >= 0.6 is 0 Å². The van der Waals surface area contributed by atoms with Crippen molar-refractivity contribution in [2.45, 2.75) is 19.9 Å². The van der Waals surface area contributed by atoms with Gasteiger partial charge in [-0.15, -0.1) is 0 Å². The summed E-state index contributed by atoms with van der Waals surface area (Å²) in [5.74, 6) is -0.0714. The number of ketones is 1. The van der Waals surface area contributed by atoms with E-state index in [0.29, 0.717) is 24.2 Å². The van der Waals surface area contributed by atoms with Gasteiger partial charge in [0.15, 0.2) is 5.78 Å². The van der Waals surface area contributed by atoms with Crippen LogP contribution < -0.4 is 5.32 Å². The van der Waals surface area contributed by atoms with Crippen molar-refractivity contribution in [1.29, 1.82) is 0 Å². The number of carbonyl (C=O) groups is 2. The Morgan fingerprint density at radius 1 is 1.16 bits per heavy atom. The second kappa shape index (κ2) is 6.00. The average Bonchev–Trinajstić information content (AvgIpc) is 2.90. The van der Waals surface area contributed by atoms with Crippen LogP contribution in [0.2, 0.25) is 0 Å². The van der Waals surface area contributed by atoms with Crippen LogP contribution in [0.25, 0.3) is 0 Å². The van der Waals surface area contributed by atoms with Crippen molar-refractivity contribution in [2.75, 3.05) is 5.32 Å². The summed E-state index contributed by atoms with van der Waals surface area (Å²) in [7, 11) is 0. The molecule has 2 aromatic rings. The summed E-state index contributed by atoms with van der Waals surface area (Å²) < 4.78 is 1.95. The summed E-state index contributed by atoms with van der Waals surface area (Å²) in [6, 6.07) is 10.8. The van der Waals surface area contributed by atoms with Gasteiger partial charge >= 0.3 is 0 Å². The maximum atomic E-state index is 11.8. The molecule has 19 heavy (non-hydrogen) atoms. The van der Waals surface area contributed by atoms with E-state index in [9.17, 15) is 9.59 Å². The van der Waals surface area contributed by atoms with Crippen molar-refractivity contribution in [3.05, 3.63) is 54.4 Å². The van der Waals surface area contributed by atoms with Crippen LogP contribution in [0.5, 0.6) is 0 Å². The van der Waals surface area contributed by atoms with Crippen molar-refractivity contribution < 1.29 is 9.59 Å². The third-order valence-corrected chi connectivity index (χ3v) is 2.82. The molecule has 1 aromatic heterocycles. The lowest BCUT2D eigenvalue weighted by atomic mass is 10.1. The molecule has 0 aliphatic rings. The monoisotopic (exact) mass is 256 g/mol. The van der Waals surface area contributed by atoms with Gasteiger partial charge in [0, 0.05) is 36.6 Å². The van der Waals surface area contributed by atoms with Gasteiger partial charge in [-0.3, -0.25) is 9.59 Å². The number of amides is 1. The summed E-state index contributed by atoms with van der Waals surface area (Å²) in [5.41, 5.74) is 1.26. The van der Waals surface area contributed by atoms with E-state index < -0.39 is 0 Å². The lowest BCUT2D eigenvalue weighted by molar-refractivity contribution is -0.116. The van der Waals surface area contributed by atoms with Gasteiger partial charge in [0.05, 0.1) is 0 Å². The van der Waals surface area contributed by atoms with Gasteiger partial charge in [0.1, 0.15) is 0 Å². The molecule has 0 unspecified atom stereocenters. The van der Waals surface area contributed by atoms with E-state index in [1.165, 1.54) is 6.92 Å². The molecule has 0 aliphatic heterocycles. The first-order valence-corrected chi connectivity index (χ1v) is 6.17. The minimum atomic E-state index is -0.0607. The van der Waals surface area contributed by atoms with Crippen LogP contribution in [-0.2, 0) is 11.3 Å². The molecule has 1 N–H and O–H groups in total. The molecule has 1 aromatic carbocycles. The second-order valence-corrected chi connectivity index (χ2v) is 4.36. The summed E-state index contributed by atoms with van der Waals surface area (Å²) in [6.45, 7) is 2.15. The molecule has 1 heterocycles. The van der Waals surface area contributed by atoms with Gasteiger partial charge in [-0.05, 0) is 31.2 Å². The van der Waals surface area contributed by atoms with E-state index in [-0.39, 0.29) is 11.7 Å². The fraction of sp³-hybridized carbons (Fsp3) is 0.200. The zero-order chi connectivity index (χ0) is 13.7. The van der Waals surface area contributed by atoms with Crippen molar-refractivity contribution in [2.24, 2.45) is 0 Å². The van der Waals surface area contributed by atoms with Crippen molar-refractivity contribution >= 4 is 17.4 Å². The van der Waals surface area contributed by atoms with Crippen LogP contribution in [0, 0.1) is 0 Å². The summed E-state index contributed by atoms with van der Waals surface area (Å²) >= 11 is 0. The van der Waals surface area contributed by atoms with E-state index in [1.807, 2.05) is 29.1 Å². The Hall–Kier alpha value is -2.36. The molecule has 0 spiro atoms. The van der Waals surface area contributed by atoms with E-state index >= 15 is 0 Å². The summed E-state index contributed by atoms with van der Waals surface area (Å²) in [4.78, 5) is 23.0. The SMILES string of the molecule is CC(=O)c1cccc(NC(=O)CCn2cccc2)c1. The molecular weight excluding hydrogens is 240 g/mol. The summed E-state index contributed by atoms with van der Waals surface area (Å²) in [5, 5.41) is 2.80. The van der Waals surface area contributed by atoms with Gasteiger partial charge in [0.25, 0.3) is 0 Å². The minimum Gasteiger partial charge on any atom is -0.354 e. The van der Waals surface area contributed by atoms with E-state index in [1.54, 1.807) is 24.3 Å². The van der Waals surface area contributed by atoms with Gasteiger partial charge in [0.2, 0.25) is 5.91 Å². The Morgan fingerprint density at radius 3 is 2.58 bits per heavy atom. The fourth-order valence-electron chi connectivity index (χ4n) is 1.79. The highest BCUT2D eigenvalue weighted by Crippen LogP contribution is 2.11. The number of nitrogens with one attached hydrogen (secondary N) is 1. The fourth-order valence-corrected chi connectivity index (χ4v) is 1.79. The largest absolute Gasteiger partial charge is 0.354 e. The number of hydrogen-bond acceptors (Lipinski definition) is 2. The number of aryl methyl sites for hydroxylation is 1. The van der Waals surface area contributed by atoms with Gasteiger partial charge in [-0.25, -0.2) is 0 Å². The van der Waals surface area contributed by atoms with Crippen molar-refractivity contribution in [1.82, 2.24) is 4.57 Å². The lowest BCUT2D eigenvalue weighted by Gasteiger charge is -2.07. The van der Waals surface area contributed by atoms with E-state index in [4.69, 9.17) is 0 Å². The molecule has 0 saturated heterocycles. The summed E-state index contributed by atoms with van der Waals surface area (Å²) in [6.07, 6.45) is 4.24. The second-order valence-electron chi connectivity index (χ2n) is 4.36. The third-order valence-electron chi connectivity index (χ3n) is 2.82. The molecule has 0 saturated carbocycles. The molecule has 0 atom stereocenters. The predicted molar refractivity (Wildman–Crippen MR) is 74.1 cm³/mol. The minimum absolute atomic E-state index is 0.0107. The first-order chi connectivity index (χ1) is 9.15. The highest BCUT2D eigenvalue weighted by molar-refractivity contribution is 5.97. The molecule has 0 aliphatic carbocycles. The lowest BCUT2D eigenvalue weighted by Crippen LogP contribution is -2.14. The first kappa shape index (κ1) is 13.1. The molecule has 2 rings (SSSR count). The van der Waals surface area contributed by atoms with Crippen LogP contribution in [0.3, 0.4) is 0 Å². The van der Waals surface area contributed by atoms with Crippen LogP contribution in [0.15, 0.2) is 48.8 Å². The van der Waals surface area contributed by atoms with Crippen molar-refractivity contribution in [3.63, 3.8) is 0 Å². The number of benzene rings is 1. The number of aromatic nitrogens is 1. The first-order valence-electron chi connectivity index (χ1n) is 6.17. The molecule has 0 bridgehead atoms. The van der Waals surface area contributed by atoms with E-state index in [2.05, 4.69) is 5.32 Å². The molecule has 4 nitrogen and oxygen atoms in total. The normalized spacial score (nSPS) is 10.2. The van der Waals surface area contributed by atoms with Gasteiger partial charge < -0.3 is 9.88 Å². The Morgan fingerprint density at radius 2 is 1.89 bits per heavy atom. The maximum absolute atomic E-state index is 11.8. The maximum Gasteiger partial charge on any atom is 0.226 e. The van der Waals surface area contributed by atoms with Crippen molar-refractivity contribution in [3.8, 4) is 0 Å². The van der Waals surface area contributed by atoms with Gasteiger partial charge in [-0.2, -0.15) is 0 Å². The van der Waals surface area contributed by atoms with Crippen LogP contribution in [0.4, 0.5) is 5.69 Å². The topological polar surface area (TPSA) is 51.1 Å². The number of carbonyl (C=O) groups excluding carboxylic acids is 2. The number of anilines is 1. The smallest absolute Gasteiger partial charge is 0.226 e. The molecule has 98 valence electrons. The van der Waals surface area contributed by atoms with E-state index in [0.717, 1.165) is 0 Å². The Labute approximate surface area is 112 Å². The number of rotatable bonds is 5. The quantitative estimate of drug-likeness (QED) is 0.836.